The fraction of sp³-hybridized carbons (Fsp3) is 0.273. The van der Waals surface area contributed by atoms with Crippen molar-refractivity contribution in [3.05, 3.63) is 74.9 Å². The van der Waals surface area contributed by atoms with Crippen LogP contribution in [0, 0.1) is 12.7 Å². The Bertz CT molecular complexity index is 1140. The van der Waals surface area contributed by atoms with Gasteiger partial charge in [0.2, 0.25) is 6.73 Å². The first-order valence-electron chi connectivity index (χ1n) is 9.32. The second-order valence-electron chi connectivity index (χ2n) is 7.18. The van der Waals surface area contributed by atoms with Crippen LogP contribution in [0.15, 0.2) is 45.6 Å². The zero-order chi connectivity index (χ0) is 20.5. The van der Waals surface area contributed by atoms with Crippen LogP contribution < -0.4 is 15.3 Å². The van der Waals surface area contributed by atoms with Crippen LogP contribution in [-0.2, 0) is 29.0 Å². The summed E-state index contributed by atoms with van der Waals surface area (Å²) in [6.07, 6.45) is -0.129. The van der Waals surface area contributed by atoms with Gasteiger partial charge in [-0.3, -0.25) is 9.69 Å². The highest BCUT2D eigenvalue weighted by Crippen LogP contribution is 2.31. The van der Waals surface area contributed by atoms with Crippen LogP contribution in [0.2, 0.25) is 0 Å². The number of methoxy groups -OCH3 is 1. The summed E-state index contributed by atoms with van der Waals surface area (Å²) in [5.41, 5.74) is 2.75. The molecule has 0 spiro atoms. The minimum absolute atomic E-state index is 0.129. The average molecular weight is 398 g/mol. The third-order valence-corrected chi connectivity index (χ3v) is 5.29. The molecule has 1 atom stereocenters. The molecule has 0 saturated heterocycles. The third-order valence-electron chi connectivity index (χ3n) is 5.29. The Kier molecular flexibility index (Phi) is 5.07. The predicted molar refractivity (Wildman–Crippen MR) is 103 cm³/mol. The lowest BCUT2D eigenvalue weighted by Gasteiger charge is -2.26. The van der Waals surface area contributed by atoms with Gasteiger partial charge in [-0.15, -0.1) is 0 Å². The Hall–Kier alpha value is -3.19. The first kappa shape index (κ1) is 19.1. The van der Waals surface area contributed by atoms with E-state index in [1.54, 1.807) is 19.1 Å². The molecule has 1 aromatic heterocycles. The SMILES string of the molecule is COC(=O)Cc1c(C)c2ccc3c(c2oc1=O)C[NH+](Cc1ccc(F)cc1)CO3. The van der Waals surface area contributed by atoms with Gasteiger partial charge in [0.05, 0.1) is 24.7 Å². The van der Waals surface area contributed by atoms with E-state index in [9.17, 15) is 14.0 Å². The molecule has 0 amide bonds. The number of aryl methyl sites for hydroxylation is 1. The van der Waals surface area contributed by atoms with Crippen molar-refractivity contribution >= 4 is 16.9 Å². The molecule has 2 heterocycles. The van der Waals surface area contributed by atoms with Crippen LogP contribution >= 0.6 is 0 Å². The van der Waals surface area contributed by atoms with Crippen LogP contribution in [0.5, 0.6) is 5.75 Å². The topological polar surface area (TPSA) is 70.2 Å². The van der Waals surface area contributed by atoms with E-state index in [2.05, 4.69) is 4.74 Å². The second kappa shape index (κ2) is 7.67. The maximum Gasteiger partial charge on any atom is 0.340 e. The number of ether oxygens (including phenoxy) is 2. The molecule has 29 heavy (non-hydrogen) atoms. The van der Waals surface area contributed by atoms with E-state index >= 15 is 0 Å². The minimum atomic E-state index is -0.542. The summed E-state index contributed by atoms with van der Waals surface area (Å²) in [5.74, 6) is -0.0745. The smallest absolute Gasteiger partial charge is 0.340 e. The van der Waals surface area contributed by atoms with Crippen molar-refractivity contribution in [3.8, 4) is 5.75 Å². The summed E-state index contributed by atoms with van der Waals surface area (Å²) in [6, 6.07) is 10.1. The normalized spacial score (nSPS) is 15.6. The molecular formula is C22H21FNO5+. The van der Waals surface area contributed by atoms with Crippen molar-refractivity contribution in [2.45, 2.75) is 26.4 Å². The van der Waals surface area contributed by atoms with Gasteiger partial charge in [-0.2, -0.15) is 0 Å². The van der Waals surface area contributed by atoms with Crippen LogP contribution in [0.4, 0.5) is 4.39 Å². The molecule has 0 saturated carbocycles. The maximum absolute atomic E-state index is 13.1. The molecular weight excluding hydrogens is 377 g/mol. The van der Waals surface area contributed by atoms with E-state index in [1.165, 1.54) is 19.2 Å². The Morgan fingerprint density at radius 1 is 1.21 bits per heavy atom. The molecule has 1 N–H and O–H groups in total. The number of carbonyl (C=O) groups excluding carboxylic acids is 1. The van der Waals surface area contributed by atoms with Crippen molar-refractivity contribution in [1.82, 2.24) is 0 Å². The largest absolute Gasteiger partial charge is 0.469 e. The molecule has 0 aliphatic carbocycles. The summed E-state index contributed by atoms with van der Waals surface area (Å²) in [6.45, 7) is 3.51. The molecule has 0 fully saturated rings. The zero-order valence-electron chi connectivity index (χ0n) is 16.2. The van der Waals surface area contributed by atoms with Gasteiger partial charge in [-0.1, -0.05) is 12.1 Å². The number of halogens is 1. The molecule has 1 unspecified atom stereocenters. The monoisotopic (exact) mass is 398 g/mol. The fourth-order valence-electron chi connectivity index (χ4n) is 3.70. The van der Waals surface area contributed by atoms with Crippen molar-refractivity contribution in [3.63, 3.8) is 0 Å². The maximum atomic E-state index is 13.1. The highest BCUT2D eigenvalue weighted by atomic mass is 19.1. The van der Waals surface area contributed by atoms with E-state index in [0.29, 0.717) is 42.3 Å². The van der Waals surface area contributed by atoms with Crippen LogP contribution in [0.1, 0.15) is 22.3 Å². The number of quaternary nitrogens is 1. The zero-order valence-corrected chi connectivity index (χ0v) is 16.2. The summed E-state index contributed by atoms with van der Waals surface area (Å²) in [7, 11) is 1.28. The number of benzene rings is 2. The molecule has 1 aliphatic heterocycles. The lowest BCUT2D eigenvalue weighted by molar-refractivity contribution is -0.945. The van der Waals surface area contributed by atoms with Gasteiger partial charge >= 0.3 is 11.6 Å². The summed E-state index contributed by atoms with van der Waals surface area (Å²) in [4.78, 5) is 25.3. The molecule has 4 rings (SSSR count). The van der Waals surface area contributed by atoms with Crippen LogP contribution in [0.3, 0.4) is 0 Å². The second-order valence-corrected chi connectivity index (χ2v) is 7.18. The van der Waals surface area contributed by atoms with Crippen molar-refractivity contribution in [2.24, 2.45) is 0 Å². The predicted octanol–water partition coefficient (Wildman–Crippen LogP) is 1.89. The average Bonchev–Trinajstić information content (AvgIpc) is 2.72. The van der Waals surface area contributed by atoms with Gasteiger partial charge in [0.25, 0.3) is 0 Å². The highest BCUT2D eigenvalue weighted by molar-refractivity contribution is 5.87. The number of carbonyl (C=O) groups is 1. The van der Waals surface area contributed by atoms with E-state index < -0.39 is 11.6 Å². The molecule has 150 valence electrons. The minimum Gasteiger partial charge on any atom is -0.469 e. The molecule has 0 radical (unpaired) electrons. The van der Waals surface area contributed by atoms with E-state index in [1.807, 2.05) is 12.1 Å². The van der Waals surface area contributed by atoms with Gasteiger partial charge in [-0.25, -0.2) is 9.18 Å². The van der Waals surface area contributed by atoms with Gasteiger partial charge < -0.3 is 13.9 Å². The van der Waals surface area contributed by atoms with E-state index in [-0.39, 0.29) is 12.2 Å². The number of hydrogen-bond donors (Lipinski definition) is 1. The van der Waals surface area contributed by atoms with Crippen LogP contribution in [-0.4, -0.2) is 19.8 Å². The van der Waals surface area contributed by atoms with Crippen LogP contribution in [0.25, 0.3) is 11.0 Å². The molecule has 1 aliphatic rings. The highest BCUT2D eigenvalue weighted by Gasteiger charge is 2.26. The molecule has 2 aromatic carbocycles. The number of fused-ring (bicyclic) bond motifs is 3. The molecule has 6 nitrogen and oxygen atoms in total. The number of nitrogens with one attached hydrogen (secondary N) is 1. The molecule has 0 bridgehead atoms. The molecule has 7 heteroatoms. The van der Waals surface area contributed by atoms with Gasteiger partial charge in [-0.05, 0) is 36.8 Å². The Labute approximate surface area is 166 Å². The standard InChI is InChI=1S/C22H20FNO5/c1-13-16-7-8-19-18(21(16)29-22(26)17(13)9-20(25)27-2)11-24(12-28-19)10-14-3-5-15(23)6-4-14/h3-8H,9-12H2,1-2H3/p+1. The number of esters is 1. The van der Waals surface area contributed by atoms with Gasteiger partial charge in [0.1, 0.15) is 24.7 Å². The lowest BCUT2D eigenvalue weighted by Crippen LogP contribution is -3.10. The first-order valence-corrected chi connectivity index (χ1v) is 9.32. The van der Waals surface area contributed by atoms with Gasteiger partial charge in [0, 0.05) is 10.9 Å². The number of rotatable bonds is 4. The Morgan fingerprint density at radius 3 is 2.69 bits per heavy atom. The van der Waals surface area contributed by atoms with E-state index in [0.717, 1.165) is 21.4 Å². The quantitative estimate of drug-likeness (QED) is 0.537. The Balaban J connectivity index is 1.70. The first-order chi connectivity index (χ1) is 14.0. The lowest BCUT2D eigenvalue weighted by atomic mass is 10.00. The van der Waals surface area contributed by atoms with Crippen molar-refractivity contribution < 1.29 is 28.0 Å². The summed E-state index contributed by atoms with van der Waals surface area (Å²) < 4.78 is 29.3. The summed E-state index contributed by atoms with van der Waals surface area (Å²) in [5, 5.41) is 0.772. The van der Waals surface area contributed by atoms with Gasteiger partial charge in [0.15, 0.2) is 5.58 Å². The molecule has 3 aromatic rings. The summed E-state index contributed by atoms with van der Waals surface area (Å²) >= 11 is 0. The third kappa shape index (κ3) is 3.73. The van der Waals surface area contributed by atoms with Crippen molar-refractivity contribution in [2.75, 3.05) is 13.8 Å². The Morgan fingerprint density at radius 2 is 1.97 bits per heavy atom. The van der Waals surface area contributed by atoms with E-state index in [4.69, 9.17) is 9.15 Å². The number of hydrogen-bond acceptors (Lipinski definition) is 5. The fourth-order valence-corrected chi connectivity index (χ4v) is 3.70. The van der Waals surface area contributed by atoms with Crippen molar-refractivity contribution in [1.29, 1.82) is 0 Å².